The van der Waals surface area contributed by atoms with Crippen molar-refractivity contribution >= 4 is 11.9 Å². The van der Waals surface area contributed by atoms with Gasteiger partial charge in [-0.2, -0.15) is 0 Å². The van der Waals surface area contributed by atoms with Gasteiger partial charge in [0.2, 0.25) is 5.91 Å². The largest absolute Gasteiger partial charge is 0.381 e. The Labute approximate surface area is 174 Å². The summed E-state index contributed by atoms with van der Waals surface area (Å²) in [6.07, 6.45) is 4.99. The van der Waals surface area contributed by atoms with E-state index >= 15 is 0 Å². The quantitative estimate of drug-likeness (QED) is 0.383. The Morgan fingerprint density at radius 3 is 2.38 bits per heavy atom. The number of likely N-dealkylation sites (tertiary alicyclic amines) is 1. The molecule has 3 heterocycles. The summed E-state index contributed by atoms with van der Waals surface area (Å²) < 4.78 is 16.6. The van der Waals surface area contributed by atoms with Gasteiger partial charge in [-0.3, -0.25) is 9.79 Å². The van der Waals surface area contributed by atoms with Crippen molar-refractivity contribution in [3.05, 3.63) is 0 Å². The van der Waals surface area contributed by atoms with Crippen molar-refractivity contribution in [1.29, 1.82) is 0 Å². The summed E-state index contributed by atoms with van der Waals surface area (Å²) in [5, 5.41) is 3.45. The van der Waals surface area contributed by atoms with E-state index in [0.29, 0.717) is 25.0 Å². The van der Waals surface area contributed by atoms with E-state index in [2.05, 4.69) is 15.2 Å². The second-order valence-electron chi connectivity index (χ2n) is 8.16. The Bertz CT molecular complexity index is 511. The fraction of sp³-hybridized carbons (Fsp3) is 0.905. The second-order valence-corrected chi connectivity index (χ2v) is 8.16. The predicted molar refractivity (Wildman–Crippen MR) is 112 cm³/mol. The zero-order valence-corrected chi connectivity index (χ0v) is 17.9. The number of guanidine groups is 1. The number of piperidine rings is 1. The Kier molecular flexibility index (Phi) is 9.50. The molecule has 8 heteroatoms. The Balaban J connectivity index is 1.28. The molecule has 0 unspecified atom stereocenters. The number of ether oxygens (including phenoxy) is 3. The van der Waals surface area contributed by atoms with Crippen LogP contribution in [-0.2, 0) is 19.0 Å². The van der Waals surface area contributed by atoms with Gasteiger partial charge in [-0.05, 0) is 38.0 Å². The molecule has 0 saturated carbocycles. The Morgan fingerprint density at radius 2 is 1.69 bits per heavy atom. The summed E-state index contributed by atoms with van der Waals surface area (Å²) in [7, 11) is 1.83. The number of amides is 1. The lowest BCUT2D eigenvalue weighted by atomic mass is 9.95. The molecule has 3 aliphatic rings. The highest BCUT2D eigenvalue weighted by Crippen LogP contribution is 2.20. The van der Waals surface area contributed by atoms with Gasteiger partial charge in [0.1, 0.15) is 0 Å². The van der Waals surface area contributed by atoms with Gasteiger partial charge in [0.15, 0.2) is 5.96 Å². The van der Waals surface area contributed by atoms with Gasteiger partial charge in [0, 0.05) is 72.1 Å². The second kappa shape index (κ2) is 12.3. The Morgan fingerprint density at radius 1 is 1.00 bits per heavy atom. The van der Waals surface area contributed by atoms with Crippen LogP contribution < -0.4 is 5.32 Å². The zero-order valence-electron chi connectivity index (χ0n) is 17.9. The molecule has 1 amide bonds. The molecule has 0 aromatic rings. The number of carbonyl (C=O) groups is 1. The number of carbonyl (C=O) groups excluding carboxylic acids is 1. The number of hydrogen-bond acceptors (Lipinski definition) is 5. The summed E-state index contributed by atoms with van der Waals surface area (Å²) in [5.74, 6) is 2.04. The van der Waals surface area contributed by atoms with Gasteiger partial charge in [-0.1, -0.05) is 0 Å². The number of nitrogens with zero attached hydrogens (tertiary/aromatic N) is 3. The van der Waals surface area contributed by atoms with Crippen molar-refractivity contribution in [3.8, 4) is 0 Å². The van der Waals surface area contributed by atoms with E-state index in [0.717, 1.165) is 97.2 Å². The lowest BCUT2D eigenvalue weighted by Crippen LogP contribution is -2.50. The van der Waals surface area contributed by atoms with Crippen LogP contribution in [0.25, 0.3) is 0 Å². The van der Waals surface area contributed by atoms with Crippen LogP contribution in [0.5, 0.6) is 0 Å². The number of hydrogen-bond donors (Lipinski definition) is 1. The highest BCUT2D eigenvalue weighted by atomic mass is 16.5. The van der Waals surface area contributed by atoms with E-state index < -0.39 is 0 Å². The summed E-state index contributed by atoms with van der Waals surface area (Å²) in [4.78, 5) is 21.3. The molecule has 0 aromatic carbocycles. The molecule has 0 atom stereocenters. The van der Waals surface area contributed by atoms with Gasteiger partial charge < -0.3 is 29.3 Å². The van der Waals surface area contributed by atoms with Crippen molar-refractivity contribution in [2.24, 2.45) is 16.8 Å². The fourth-order valence-electron chi connectivity index (χ4n) is 4.25. The van der Waals surface area contributed by atoms with E-state index in [-0.39, 0.29) is 5.92 Å². The number of nitrogens with one attached hydrogen (secondary N) is 1. The molecule has 0 aliphatic carbocycles. The van der Waals surface area contributed by atoms with Gasteiger partial charge in [0.05, 0.1) is 13.2 Å². The normalized spacial score (nSPS) is 22.7. The molecule has 1 N–H and O–H groups in total. The maximum absolute atomic E-state index is 12.7. The maximum Gasteiger partial charge on any atom is 0.225 e. The molecule has 0 spiro atoms. The summed E-state index contributed by atoms with van der Waals surface area (Å²) in [6, 6.07) is 0. The summed E-state index contributed by atoms with van der Waals surface area (Å²) in [5.41, 5.74) is 0. The first-order valence-electron chi connectivity index (χ1n) is 11.3. The number of rotatable bonds is 7. The third-order valence-corrected chi connectivity index (χ3v) is 6.12. The molecule has 0 radical (unpaired) electrons. The highest BCUT2D eigenvalue weighted by Gasteiger charge is 2.30. The molecule has 3 aliphatic heterocycles. The minimum absolute atomic E-state index is 0.140. The molecule has 0 aromatic heterocycles. The first-order chi connectivity index (χ1) is 14.3. The zero-order chi connectivity index (χ0) is 20.3. The smallest absolute Gasteiger partial charge is 0.225 e. The van der Waals surface area contributed by atoms with Crippen LogP contribution in [0.2, 0.25) is 0 Å². The van der Waals surface area contributed by atoms with Crippen molar-refractivity contribution < 1.29 is 19.0 Å². The molecule has 166 valence electrons. The van der Waals surface area contributed by atoms with E-state index in [1.807, 2.05) is 11.9 Å². The van der Waals surface area contributed by atoms with E-state index in [1.165, 1.54) is 0 Å². The lowest BCUT2D eigenvalue weighted by molar-refractivity contribution is -0.140. The number of morpholine rings is 1. The predicted octanol–water partition coefficient (Wildman–Crippen LogP) is 0.966. The van der Waals surface area contributed by atoms with Crippen LogP contribution in [0.4, 0.5) is 0 Å². The van der Waals surface area contributed by atoms with Crippen LogP contribution in [0.3, 0.4) is 0 Å². The average molecular weight is 411 g/mol. The van der Waals surface area contributed by atoms with Crippen molar-refractivity contribution in [2.75, 3.05) is 79.4 Å². The maximum atomic E-state index is 12.7. The van der Waals surface area contributed by atoms with Crippen LogP contribution in [-0.4, -0.2) is 101 Å². The minimum Gasteiger partial charge on any atom is -0.381 e. The molecule has 3 saturated heterocycles. The van der Waals surface area contributed by atoms with Gasteiger partial charge >= 0.3 is 0 Å². The van der Waals surface area contributed by atoms with E-state index in [4.69, 9.17) is 14.2 Å². The van der Waals surface area contributed by atoms with Crippen molar-refractivity contribution in [2.45, 2.75) is 32.1 Å². The first-order valence-corrected chi connectivity index (χ1v) is 11.3. The molecule has 3 rings (SSSR count). The number of aliphatic imine (C=N–C) groups is 1. The van der Waals surface area contributed by atoms with Gasteiger partial charge in [0.25, 0.3) is 0 Å². The molecule has 3 fully saturated rings. The third-order valence-electron chi connectivity index (χ3n) is 6.12. The summed E-state index contributed by atoms with van der Waals surface area (Å²) in [6.45, 7) is 8.79. The Hall–Kier alpha value is -1.38. The molecule has 8 nitrogen and oxygen atoms in total. The van der Waals surface area contributed by atoms with Crippen molar-refractivity contribution in [1.82, 2.24) is 15.1 Å². The van der Waals surface area contributed by atoms with E-state index in [1.54, 1.807) is 0 Å². The highest BCUT2D eigenvalue weighted by molar-refractivity contribution is 5.81. The topological polar surface area (TPSA) is 75.6 Å². The fourth-order valence-corrected chi connectivity index (χ4v) is 4.25. The summed E-state index contributed by atoms with van der Waals surface area (Å²) >= 11 is 0. The standard InChI is InChI=1S/C21H38N4O4/c1-22-21(23-7-2-12-29-17-18-5-13-27-14-6-18)25-8-3-19(4-9-25)20(26)24-10-15-28-16-11-24/h18-19H,2-17H2,1H3,(H,22,23). The third kappa shape index (κ3) is 7.12. The van der Waals surface area contributed by atoms with Gasteiger partial charge in [-0.15, -0.1) is 0 Å². The lowest BCUT2D eigenvalue weighted by Gasteiger charge is -2.36. The molecular formula is C21H38N4O4. The SMILES string of the molecule is CN=C(NCCCOCC1CCOCC1)N1CCC(C(=O)N2CCOCC2)CC1. The van der Waals surface area contributed by atoms with E-state index in [9.17, 15) is 4.79 Å². The van der Waals surface area contributed by atoms with Crippen LogP contribution >= 0.6 is 0 Å². The van der Waals surface area contributed by atoms with Crippen LogP contribution in [0.15, 0.2) is 4.99 Å². The monoisotopic (exact) mass is 410 g/mol. The average Bonchev–Trinajstić information content (AvgIpc) is 2.79. The molecule has 29 heavy (non-hydrogen) atoms. The first kappa shape index (κ1) is 22.3. The minimum atomic E-state index is 0.140. The van der Waals surface area contributed by atoms with Crippen molar-refractivity contribution in [3.63, 3.8) is 0 Å². The van der Waals surface area contributed by atoms with Gasteiger partial charge in [-0.25, -0.2) is 0 Å². The van der Waals surface area contributed by atoms with Crippen LogP contribution in [0, 0.1) is 11.8 Å². The molecular weight excluding hydrogens is 372 g/mol. The van der Waals surface area contributed by atoms with Crippen LogP contribution in [0.1, 0.15) is 32.1 Å². The molecule has 0 bridgehead atoms.